The zero-order chi connectivity index (χ0) is 9.97. The number of nitrogens with two attached hydrogens (primary N) is 1. The molecule has 0 atom stereocenters. The number of likely N-dealkylation sites (tertiary alicyclic amines) is 1. The van der Waals surface area contributed by atoms with Crippen LogP contribution in [0.1, 0.15) is 24.5 Å². The van der Waals surface area contributed by atoms with Crippen LogP contribution < -0.4 is 5.73 Å². The van der Waals surface area contributed by atoms with Crippen molar-refractivity contribution in [2.24, 2.45) is 0 Å². The van der Waals surface area contributed by atoms with Crippen LogP contribution in [0.5, 0.6) is 0 Å². The molecule has 1 fully saturated rings. The number of piperidine rings is 1. The lowest BCUT2D eigenvalue weighted by molar-refractivity contribution is 0.253. The third-order valence-electron chi connectivity index (χ3n) is 2.78. The molecular formula is C9H15N5. The van der Waals surface area contributed by atoms with Gasteiger partial charge in [-0.05, 0) is 33.0 Å². The number of nitrogen functional groups attached to an aromatic ring is 1. The van der Waals surface area contributed by atoms with E-state index in [1.165, 1.54) is 6.33 Å². The first-order chi connectivity index (χ1) is 6.77. The van der Waals surface area contributed by atoms with Crippen molar-refractivity contribution in [2.75, 3.05) is 25.9 Å². The quantitative estimate of drug-likeness (QED) is 0.693. The van der Waals surface area contributed by atoms with Crippen LogP contribution in [0.2, 0.25) is 0 Å². The second-order valence-electron chi connectivity index (χ2n) is 3.81. The van der Waals surface area contributed by atoms with Crippen molar-refractivity contribution in [1.29, 1.82) is 0 Å². The highest BCUT2D eigenvalue weighted by Gasteiger charge is 2.21. The maximum absolute atomic E-state index is 5.76. The first kappa shape index (κ1) is 9.33. The first-order valence-electron chi connectivity index (χ1n) is 4.89. The van der Waals surface area contributed by atoms with Gasteiger partial charge in [-0.15, -0.1) is 10.2 Å². The summed E-state index contributed by atoms with van der Waals surface area (Å²) in [7, 11) is 2.13. The number of hydrogen-bond acceptors (Lipinski definition) is 5. The van der Waals surface area contributed by atoms with Crippen molar-refractivity contribution < 1.29 is 0 Å². The summed E-state index contributed by atoms with van der Waals surface area (Å²) in [6, 6.07) is 0. The molecular weight excluding hydrogens is 178 g/mol. The van der Waals surface area contributed by atoms with Crippen molar-refractivity contribution >= 4 is 5.82 Å². The van der Waals surface area contributed by atoms with E-state index in [1.807, 2.05) is 0 Å². The van der Waals surface area contributed by atoms with Gasteiger partial charge in [0.15, 0.2) is 0 Å². The average molecular weight is 193 g/mol. The molecule has 0 spiro atoms. The van der Waals surface area contributed by atoms with Crippen LogP contribution in [0.25, 0.3) is 0 Å². The van der Waals surface area contributed by atoms with Gasteiger partial charge in [-0.2, -0.15) is 0 Å². The maximum Gasteiger partial charge on any atom is 0.149 e. The maximum atomic E-state index is 5.76. The van der Waals surface area contributed by atoms with Crippen LogP contribution in [0, 0.1) is 0 Å². The lowest BCUT2D eigenvalue weighted by Gasteiger charge is -2.28. The molecule has 0 radical (unpaired) electrons. The Morgan fingerprint density at radius 1 is 1.43 bits per heavy atom. The van der Waals surface area contributed by atoms with Gasteiger partial charge in [0.25, 0.3) is 0 Å². The van der Waals surface area contributed by atoms with Gasteiger partial charge in [0, 0.05) is 5.92 Å². The monoisotopic (exact) mass is 193 g/mol. The molecule has 76 valence electrons. The van der Waals surface area contributed by atoms with Gasteiger partial charge in [-0.1, -0.05) is 0 Å². The average Bonchev–Trinajstić information content (AvgIpc) is 2.20. The van der Waals surface area contributed by atoms with Crippen molar-refractivity contribution in [3.05, 3.63) is 12.0 Å². The Labute approximate surface area is 83.3 Å². The zero-order valence-corrected chi connectivity index (χ0v) is 8.35. The Bertz CT molecular complexity index is 306. The second-order valence-corrected chi connectivity index (χ2v) is 3.81. The molecule has 0 bridgehead atoms. The Morgan fingerprint density at radius 3 is 2.79 bits per heavy atom. The highest BCUT2D eigenvalue weighted by Crippen LogP contribution is 2.27. The van der Waals surface area contributed by atoms with Crippen LogP contribution in [-0.2, 0) is 0 Å². The van der Waals surface area contributed by atoms with E-state index in [-0.39, 0.29) is 0 Å². The fraction of sp³-hybridized carbons (Fsp3) is 0.667. The number of rotatable bonds is 1. The standard InChI is InChI=1S/C9H15N5/c1-14-4-2-7(3-5-14)8-9(10)11-6-12-13-8/h6-7H,2-5H2,1H3,(H2,10,11,12). The minimum Gasteiger partial charge on any atom is -0.382 e. The Hall–Kier alpha value is -1.23. The number of nitrogens with zero attached hydrogens (tertiary/aromatic N) is 4. The zero-order valence-electron chi connectivity index (χ0n) is 8.35. The lowest BCUT2D eigenvalue weighted by atomic mass is 9.94. The smallest absolute Gasteiger partial charge is 0.149 e. The summed E-state index contributed by atoms with van der Waals surface area (Å²) in [5.41, 5.74) is 6.63. The van der Waals surface area contributed by atoms with Crippen LogP contribution in [-0.4, -0.2) is 40.2 Å². The van der Waals surface area contributed by atoms with Crippen molar-refractivity contribution in [2.45, 2.75) is 18.8 Å². The van der Waals surface area contributed by atoms with E-state index in [1.54, 1.807) is 0 Å². The van der Waals surface area contributed by atoms with Gasteiger partial charge in [0.1, 0.15) is 17.8 Å². The van der Waals surface area contributed by atoms with Crippen molar-refractivity contribution in [1.82, 2.24) is 20.1 Å². The summed E-state index contributed by atoms with van der Waals surface area (Å²) >= 11 is 0. The summed E-state index contributed by atoms with van der Waals surface area (Å²) in [4.78, 5) is 6.28. The predicted molar refractivity (Wildman–Crippen MR) is 53.7 cm³/mol. The first-order valence-corrected chi connectivity index (χ1v) is 4.89. The summed E-state index contributed by atoms with van der Waals surface area (Å²) < 4.78 is 0. The molecule has 5 nitrogen and oxygen atoms in total. The number of hydrogen-bond donors (Lipinski definition) is 1. The summed E-state index contributed by atoms with van der Waals surface area (Å²) in [6.07, 6.45) is 3.59. The van der Waals surface area contributed by atoms with E-state index in [2.05, 4.69) is 27.1 Å². The normalized spacial score (nSPS) is 19.8. The molecule has 2 heterocycles. The van der Waals surface area contributed by atoms with E-state index >= 15 is 0 Å². The minimum atomic E-state index is 0.437. The Morgan fingerprint density at radius 2 is 2.14 bits per heavy atom. The third-order valence-corrected chi connectivity index (χ3v) is 2.78. The Balaban J connectivity index is 2.12. The Kier molecular flexibility index (Phi) is 2.58. The topological polar surface area (TPSA) is 67.9 Å². The highest BCUT2D eigenvalue weighted by molar-refractivity contribution is 5.34. The molecule has 5 heteroatoms. The molecule has 2 rings (SSSR count). The highest BCUT2D eigenvalue weighted by atomic mass is 15.2. The number of aromatic nitrogens is 3. The van der Waals surface area contributed by atoms with E-state index in [0.717, 1.165) is 31.6 Å². The largest absolute Gasteiger partial charge is 0.382 e. The summed E-state index contributed by atoms with van der Waals surface area (Å²) in [6.45, 7) is 2.20. The third kappa shape index (κ3) is 1.82. The fourth-order valence-electron chi connectivity index (χ4n) is 1.87. The van der Waals surface area contributed by atoms with Crippen LogP contribution >= 0.6 is 0 Å². The van der Waals surface area contributed by atoms with Gasteiger partial charge in [-0.25, -0.2) is 4.98 Å². The summed E-state index contributed by atoms with van der Waals surface area (Å²) in [5, 5.41) is 7.86. The molecule has 1 aliphatic rings. The molecule has 0 unspecified atom stereocenters. The molecule has 1 aromatic rings. The van der Waals surface area contributed by atoms with Crippen LogP contribution in [0.4, 0.5) is 5.82 Å². The van der Waals surface area contributed by atoms with Gasteiger partial charge < -0.3 is 10.6 Å². The molecule has 1 saturated heterocycles. The SMILES string of the molecule is CN1CCC(c2nncnc2N)CC1. The molecule has 1 aromatic heterocycles. The summed E-state index contributed by atoms with van der Waals surface area (Å²) in [5.74, 6) is 0.974. The van der Waals surface area contributed by atoms with E-state index in [0.29, 0.717) is 11.7 Å². The number of anilines is 1. The molecule has 0 saturated carbocycles. The van der Waals surface area contributed by atoms with E-state index in [4.69, 9.17) is 5.73 Å². The van der Waals surface area contributed by atoms with Crippen LogP contribution in [0.3, 0.4) is 0 Å². The van der Waals surface area contributed by atoms with E-state index < -0.39 is 0 Å². The fourth-order valence-corrected chi connectivity index (χ4v) is 1.87. The van der Waals surface area contributed by atoms with Gasteiger partial charge in [0.05, 0.1) is 0 Å². The molecule has 1 aliphatic heterocycles. The molecule has 0 aliphatic carbocycles. The molecule has 2 N–H and O–H groups in total. The van der Waals surface area contributed by atoms with Crippen molar-refractivity contribution in [3.63, 3.8) is 0 Å². The second kappa shape index (κ2) is 3.88. The van der Waals surface area contributed by atoms with Crippen LogP contribution in [0.15, 0.2) is 6.33 Å². The van der Waals surface area contributed by atoms with E-state index in [9.17, 15) is 0 Å². The molecule has 14 heavy (non-hydrogen) atoms. The van der Waals surface area contributed by atoms with Gasteiger partial charge >= 0.3 is 0 Å². The van der Waals surface area contributed by atoms with Crippen molar-refractivity contribution in [3.8, 4) is 0 Å². The molecule has 0 amide bonds. The van der Waals surface area contributed by atoms with Gasteiger partial charge in [-0.3, -0.25) is 0 Å². The minimum absolute atomic E-state index is 0.437. The van der Waals surface area contributed by atoms with Gasteiger partial charge in [0.2, 0.25) is 0 Å². The predicted octanol–water partition coefficient (Wildman–Crippen LogP) is 0.263. The molecule has 0 aromatic carbocycles. The lowest BCUT2D eigenvalue weighted by Crippen LogP contribution is -2.30.